The van der Waals surface area contributed by atoms with Crippen molar-refractivity contribution in [2.45, 2.75) is 53.0 Å². The number of rotatable bonds is 1. The van der Waals surface area contributed by atoms with Gasteiger partial charge in [-0.25, -0.2) is 0 Å². The van der Waals surface area contributed by atoms with Crippen LogP contribution in [0.3, 0.4) is 0 Å². The second kappa shape index (κ2) is 4.58. The molecule has 82 valence electrons. The standard InChI is InChI=1S/C10H24B6/c1-9(2)5-11-15(12-6-9)16-13-7-10(3,4)8-14-16/h11-14H,5-8H2,1-4H3. The van der Waals surface area contributed by atoms with E-state index in [4.69, 9.17) is 0 Å². The van der Waals surface area contributed by atoms with Crippen molar-refractivity contribution in [1.82, 2.24) is 0 Å². The van der Waals surface area contributed by atoms with Gasteiger partial charge in [0.05, 0.1) is 28.7 Å². The molecule has 0 bridgehead atoms. The molecular formula is C10H24B6. The molecule has 2 fully saturated rings. The van der Waals surface area contributed by atoms with Gasteiger partial charge in [0.1, 0.15) is 0 Å². The Kier molecular flexibility index (Phi) is 3.67. The van der Waals surface area contributed by atoms with Crippen molar-refractivity contribution >= 4 is 41.5 Å². The Morgan fingerprint density at radius 2 is 0.875 bits per heavy atom. The van der Waals surface area contributed by atoms with Gasteiger partial charge < -0.3 is 0 Å². The van der Waals surface area contributed by atoms with Crippen LogP contribution in [-0.4, -0.2) is 41.5 Å². The predicted octanol–water partition coefficient (Wildman–Crippen LogP) is 0.540. The van der Waals surface area contributed by atoms with Gasteiger partial charge in [-0.2, -0.15) is 0 Å². The van der Waals surface area contributed by atoms with Crippen LogP contribution in [0.2, 0.25) is 25.3 Å². The zero-order valence-corrected chi connectivity index (χ0v) is 11.8. The lowest BCUT2D eigenvalue weighted by molar-refractivity contribution is 0.465. The van der Waals surface area contributed by atoms with E-state index in [0.717, 1.165) is 12.8 Å². The van der Waals surface area contributed by atoms with Gasteiger partial charge in [0.15, 0.2) is 0 Å². The van der Waals surface area contributed by atoms with Crippen LogP contribution in [0, 0.1) is 10.8 Å². The van der Waals surface area contributed by atoms with Gasteiger partial charge in [-0.3, -0.25) is 0 Å². The van der Waals surface area contributed by atoms with E-state index in [1.54, 1.807) is 0 Å². The van der Waals surface area contributed by atoms with Crippen LogP contribution in [0.25, 0.3) is 0 Å². The summed E-state index contributed by atoms with van der Waals surface area (Å²) in [6, 6.07) is 0. The normalized spacial score (nSPS) is 27.2. The summed E-state index contributed by atoms with van der Waals surface area (Å²) in [5.41, 5.74) is 1.29. The molecule has 0 aliphatic carbocycles. The minimum Gasteiger partial charge on any atom is -0.0813 e. The second-order valence-corrected chi connectivity index (χ2v) is 8.00. The van der Waals surface area contributed by atoms with E-state index in [2.05, 4.69) is 27.7 Å². The van der Waals surface area contributed by atoms with Crippen molar-refractivity contribution in [2.75, 3.05) is 0 Å². The van der Waals surface area contributed by atoms with E-state index in [1.165, 1.54) is 54.0 Å². The predicted molar refractivity (Wildman–Crippen MR) is 86.9 cm³/mol. The van der Waals surface area contributed by atoms with Crippen LogP contribution in [-0.2, 0) is 0 Å². The zero-order valence-electron chi connectivity index (χ0n) is 11.8. The molecule has 2 rings (SSSR count). The maximum atomic E-state index is 2.45. The van der Waals surface area contributed by atoms with Gasteiger partial charge in [0.2, 0.25) is 0 Å². The lowest BCUT2D eigenvalue weighted by Crippen LogP contribution is -2.60. The van der Waals surface area contributed by atoms with Crippen LogP contribution < -0.4 is 0 Å². The van der Waals surface area contributed by atoms with E-state index in [-0.39, 0.29) is 0 Å². The first-order valence-corrected chi connectivity index (χ1v) is 7.38. The minimum atomic E-state index is 0.643. The molecule has 0 aromatic heterocycles. The summed E-state index contributed by atoms with van der Waals surface area (Å²) in [7, 11) is 6.05. The Hall–Kier alpha value is 0.390. The topological polar surface area (TPSA) is 0 Å². The molecule has 0 spiro atoms. The lowest BCUT2D eigenvalue weighted by atomic mass is 8.67. The van der Waals surface area contributed by atoms with E-state index < -0.39 is 0 Å². The molecule has 0 N–H and O–H groups in total. The highest BCUT2D eigenvalue weighted by Gasteiger charge is 2.39. The molecule has 0 atom stereocenters. The summed E-state index contributed by atoms with van der Waals surface area (Å²) in [5, 5.41) is 0. The summed E-state index contributed by atoms with van der Waals surface area (Å²) in [4.78, 5) is 0. The van der Waals surface area contributed by atoms with Crippen LogP contribution in [0.5, 0.6) is 0 Å². The molecule has 0 saturated carbocycles. The lowest BCUT2D eigenvalue weighted by Gasteiger charge is -2.39. The highest BCUT2D eigenvalue weighted by Crippen LogP contribution is 2.32. The fourth-order valence-corrected chi connectivity index (χ4v) is 3.79. The number of hydrogen-bond acceptors (Lipinski definition) is 0. The quantitative estimate of drug-likeness (QED) is 0.553. The summed E-state index contributed by atoms with van der Waals surface area (Å²) in [5.74, 6) is 0. The van der Waals surface area contributed by atoms with Crippen molar-refractivity contribution in [3.05, 3.63) is 0 Å². The van der Waals surface area contributed by atoms with Gasteiger partial charge in [0, 0.05) is 12.8 Å². The maximum absolute atomic E-state index is 2.45. The molecule has 0 aromatic rings. The molecule has 0 amide bonds. The molecule has 2 aliphatic rings. The summed E-state index contributed by atoms with van der Waals surface area (Å²) in [6.45, 7) is 9.81. The monoisotopic (exact) mass is 210 g/mol. The summed E-state index contributed by atoms with van der Waals surface area (Å²) in [6.07, 6.45) is 8.03. The third-order valence-electron chi connectivity index (χ3n) is 5.43. The SMILES string of the molecule is CC1(C)CBB(B2BCC(C)(C)CB2)BC1. The van der Waals surface area contributed by atoms with Crippen molar-refractivity contribution in [1.29, 1.82) is 0 Å². The third kappa shape index (κ3) is 3.20. The van der Waals surface area contributed by atoms with E-state index in [1.807, 2.05) is 0 Å². The number of hydrogen-bond donors (Lipinski definition) is 0. The van der Waals surface area contributed by atoms with Crippen LogP contribution >= 0.6 is 0 Å². The highest BCUT2D eigenvalue weighted by atomic mass is 14.1. The molecule has 2 saturated heterocycles. The first-order chi connectivity index (χ1) is 7.38. The fraction of sp³-hybridized carbons (Fsp3) is 1.00. The molecule has 0 unspecified atom stereocenters. The molecule has 2 heterocycles. The minimum absolute atomic E-state index is 0.643. The van der Waals surface area contributed by atoms with Gasteiger partial charge in [-0.15, -0.1) is 0 Å². The Balaban J connectivity index is 1.82. The van der Waals surface area contributed by atoms with Gasteiger partial charge in [-0.1, -0.05) is 63.8 Å². The molecular weight excluding hydrogens is 185 g/mol. The van der Waals surface area contributed by atoms with Gasteiger partial charge in [0.25, 0.3) is 0 Å². The summed E-state index contributed by atoms with van der Waals surface area (Å²) < 4.78 is 0. The van der Waals surface area contributed by atoms with Crippen molar-refractivity contribution < 1.29 is 0 Å². The fourth-order valence-electron chi connectivity index (χ4n) is 3.79. The first-order valence-electron chi connectivity index (χ1n) is 7.38. The largest absolute Gasteiger partial charge is 0.0813 e. The Morgan fingerprint density at radius 3 is 1.12 bits per heavy atom. The highest BCUT2D eigenvalue weighted by molar-refractivity contribution is 7.83. The van der Waals surface area contributed by atoms with Crippen molar-refractivity contribution in [2.24, 2.45) is 10.8 Å². The van der Waals surface area contributed by atoms with Gasteiger partial charge >= 0.3 is 0 Å². The van der Waals surface area contributed by atoms with E-state index in [9.17, 15) is 0 Å². The second-order valence-electron chi connectivity index (χ2n) is 8.00. The molecule has 16 heavy (non-hydrogen) atoms. The van der Waals surface area contributed by atoms with Gasteiger partial charge in [-0.05, 0) is 0 Å². The first kappa shape index (κ1) is 12.8. The van der Waals surface area contributed by atoms with Crippen LogP contribution in [0.4, 0.5) is 0 Å². The maximum Gasteiger partial charge on any atom is 0.0742 e. The molecule has 0 aromatic carbocycles. The average Bonchev–Trinajstić information content (AvgIpc) is 2.19. The Bertz CT molecular complexity index is 206. The third-order valence-corrected chi connectivity index (χ3v) is 5.43. The van der Waals surface area contributed by atoms with Crippen molar-refractivity contribution in [3.8, 4) is 0 Å². The van der Waals surface area contributed by atoms with E-state index >= 15 is 0 Å². The smallest absolute Gasteiger partial charge is 0.0742 e. The average molecular weight is 209 g/mol. The van der Waals surface area contributed by atoms with Crippen LogP contribution in [0.15, 0.2) is 0 Å². The van der Waals surface area contributed by atoms with E-state index in [0.29, 0.717) is 10.8 Å². The molecule has 0 radical (unpaired) electrons. The zero-order chi connectivity index (χ0) is 11.8. The summed E-state index contributed by atoms with van der Waals surface area (Å²) >= 11 is 0. The molecule has 6 heteroatoms. The Labute approximate surface area is 106 Å². The molecule has 0 nitrogen and oxygen atoms in total. The Morgan fingerprint density at radius 1 is 0.625 bits per heavy atom. The molecule has 2 aliphatic heterocycles. The van der Waals surface area contributed by atoms with Crippen LogP contribution in [0.1, 0.15) is 27.7 Å². The van der Waals surface area contributed by atoms with Crippen molar-refractivity contribution in [3.63, 3.8) is 0 Å².